The van der Waals surface area contributed by atoms with E-state index in [-0.39, 0.29) is 5.78 Å². The Balaban J connectivity index is 1.99. The molecule has 0 amide bonds. The average molecular weight is 258 g/mol. The van der Waals surface area contributed by atoms with Gasteiger partial charge < -0.3 is 0 Å². The standard InChI is InChI=1S/C19H14O/c20-19-12-11-17(13-15-7-3-1-4-8-15)18(19)14-16-9-5-2-6-10-16/h1-14H. The van der Waals surface area contributed by atoms with Gasteiger partial charge in [-0.1, -0.05) is 66.7 Å². The Morgan fingerprint density at radius 3 is 1.80 bits per heavy atom. The van der Waals surface area contributed by atoms with Crippen LogP contribution in [0.3, 0.4) is 0 Å². The van der Waals surface area contributed by atoms with Gasteiger partial charge >= 0.3 is 0 Å². The summed E-state index contributed by atoms with van der Waals surface area (Å²) in [5.74, 6) is 0.0658. The van der Waals surface area contributed by atoms with Gasteiger partial charge in [-0.2, -0.15) is 0 Å². The molecule has 0 aromatic heterocycles. The number of hydrogen-bond acceptors (Lipinski definition) is 1. The van der Waals surface area contributed by atoms with Crippen molar-refractivity contribution in [1.29, 1.82) is 0 Å². The van der Waals surface area contributed by atoms with E-state index in [9.17, 15) is 4.79 Å². The van der Waals surface area contributed by atoms with Crippen LogP contribution in [0.1, 0.15) is 11.1 Å². The van der Waals surface area contributed by atoms with Crippen molar-refractivity contribution in [2.75, 3.05) is 0 Å². The summed E-state index contributed by atoms with van der Waals surface area (Å²) in [5.41, 5.74) is 3.85. The topological polar surface area (TPSA) is 17.1 Å². The Bertz CT molecular complexity index is 704. The highest BCUT2D eigenvalue weighted by molar-refractivity contribution is 6.15. The van der Waals surface area contributed by atoms with Crippen LogP contribution in [-0.4, -0.2) is 5.78 Å². The zero-order valence-electron chi connectivity index (χ0n) is 11.0. The first kappa shape index (κ1) is 12.4. The predicted molar refractivity (Wildman–Crippen MR) is 83.0 cm³/mol. The summed E-state index contributed by atoms with van der Waals surface area (Å²) >= 11 is 0. The third kappa shape index (κ3) is 2.67. The minimum absolute atomic E-state index is 0.0658. The summed E-state index contributed by atoms with van der Waals surface area (Å²) < 4.78 is 0. The second-order valence-electron chi connectivity index (χ2n) is 4.68. The number of rotatable bonds is 2. The van der Waals surface area contributed by atoms with Crippen LogP contribution >= 0.6 is 0 Å². The molecule has 0 saturated heterocycles. The van der Waals surface area contributed by atoms with Gasteiger partial charge in [-0.15, -0.1) is 0 Å². The third-order valence-corrected chi connectivity index (χ3v) is 3.22. The molecule has 1 heteroatoms. The van der Waals surface area contributed by atoms with Gasteiger partial charge in [0.05, 0.1) is 0 Å². The van der Waals surface area contributed by atoms with Gasteiger partial charge in [0.2, 0.25) is 0 Å². The maximum absolute atomic E-state index is 12.0. The Morgan fingerprint density at radius 1 is 0.650 bits per heavy atom. The summed E-state index contributed by atoms with van der Waals surface area (Å²) in [6, 6.07) is 19.9. The molecule has 0 spiro atoms. The number of hydrogen-bond donors (Lipinski definition) is 0. The van der Waals surface area contributed by atoms with Crippen LogP contribution in [0.2, 0.25) is 0 Å². The molecule has 1 aliphatic carbocycles. The molecule has 0 fully saturated rings. The largest absolute Gasteiger partial charge is 0.289 e. The van der Waals surface area contributed by atoms with Crippen molar-refractivity contribution >= 4 is 17.9 Å². The zero-order valence-corrected chi connectivity index (χ0v) is 11.0. The quantitative estimate of drug-likeness (QED) is 0.734. The lowest BCUT2D eigenvalue weighted by Crippen LogP contribution is -1.93. The molecule has 0 atom stereocenters. The lowest BCUT2D eigenvalue weighted by molar-refractivity contribution is -0.110. The lowest BCUT2D eigenvalue weighted by Gasteiger charge is -2.01. The molecule has 0 heterocycles. The van der Waals surface area contributed by atoms with Gasteiger partial charge in [0.25, 0.3) is 0 Å². The SMILES string of the molecule is O=C1C=CC(=Cc2ccccc2)C1=Cc1ccccc1. The third-order valence-electron chi connectivity index (χ3n) is 3.22. The summed E-state index contributed by atoms with van der Waals surface area (Å²) in [6.07, 6.45) is 7.49. The Morgan fingerprint density at radius 2 is 1.20 bits per heavy atom. The van der Waals surface area contributed by atoms with Crippen molar-refractivity contribution in [3.8, 4) is 0 Å². The molecule has 1 nitrogen and oxygen atoms in total. The van der Waals surface area contributed by atoms with E-state index in [2.05, 4.69) is 0 Å². The van der Waals surface area contributed by atoms with Crippen molar-refractivity contribution < 1.29 is 4.79 Å². The summed E-state index contributed by atoms with van der Waals surface area (Å²) in [7, 11) is 0. The van der Waals surface area contributed by atoms with Crippen molar-refractivity contribution in [3.05, 3.63) is 95.1 Å². The van der Waals surface area contributed by atoms with Crippen molar-refractivity contribution in [2.24, 2.45) is 0 Å². The smallest absolute Gasteiger partial charge is 0.186 e. The van der Waals surface area contributed by atoms with Crippen LogP contribution in [0.4, 0.5) is 0 Å². The molecule has 3 rings (SSSR count). The summed E-state index contributed by atoms with van der Waals surface area (Å²) in [6.45, 7) is 0. The lowest BCUT2D eigenvalue weighted by atomic mass is 10.0. The van der Waals surface area contributed by atoms with Gasteiger partial charge in [-0.05, 0) is 34.9 Å². The molecule has 0 radical (unpaired) electrons. The molecule has 1 aliphatic rings. The normalized spacial score (nSPS) is 18.1. The molecule has 20 heavy (non-hydrogen) atoms. The molecule has 0 bridgehead atoms. The first-order chi connectivity index (χ1) is 9.83. The molecular weight excluding hydrogens is 244 g/mol. The minimum atomic E-state index is 0.0658. The van der Waals surface area contributed by atoms with E-state index < -0.39 is 0 Å². The Hall–Kier alpha value is -2.67. The first-order valence-corrected chi connectivity index (χ1v) is 6.59. The second kappa shape index (κ2) is 5.54. The van der Waals surface area contributed by atoms with Gasteiger partial charge in [0.1, 0.15) is 0 Å². The molecular formula is C19H14O. The van der Waals surface area contributed by atoms with Crippen molar-refractivity contribution in [3.63, 3.8) is 0 Å². The van der Waals surface area contributed by atoms with E-state index in [1.54, 1.807) is 6.08 Å². The first-order valence-electron chi connectivity index (χ1n) is 6.59. The highest BCUT2D eigenvalue weighted by Crippen LogP contribution is 2.25. The van der Waals surface area contributed by atoms with Gasteiger partial charge in [-0.3, -0.25) is 4.79 Å². The van der Waals surface area contributed by atoms with Gasteiger partial charge in [-0.25, -0.2) is 0 Å². The highest BCUT2D eigenvalue weighted by Gasteiger charge is 2.16. The van der Waals surface area contributed by atoms with E-state index in [0.29, 0.717) is 0 Å². The zero-order chi connectivity index (χ0) is 13.8. The summed E-state index contributed by atoms with van der Waals surface area (Å²) in [4.78, 5) is 12.0. The molecule has 2 aromatic carbocycles. The van der Waals surface area contributed by atoms with E-state index in [1.165, 1.54) is 0 Å². The fraction of sp³-hybridized carbons (Fsp3) is 0. The van der Waals surface area contributed by atoms with Crippen LogP contribution in [0, 0.1) is 0 Å². The van der Waals surface area contributed by atoms with Crippen LogP contribution in [0.15, 0.2) is 84.0 Å². The number of benzene rings is 2. The number of carbonyl (C=O) groups is 1. The fourth-order valence-corrected chi connectivity index (χ4v) is 2.21. The van der Waals surface area contributed by atoms with Crippen molar-refractivity contribution in [2.45, 2.75) is 0 Å². The number of ketones is 1. The van der Waals surface area contributed by atoms with Crippen LogP contribution in [-0.2, 0) is 4.79 Å². The minimum Gasteiger partial charge on any atom is -0.289 e. The Kier molecular flexibility index (Phi) is 3.42. The van der Waals surface area contributed by atoms with E-state index in [0.717, 1.165) is 22.3 Å². The van der Waals surface area contributed by atoms with Crippen molar-refractivity contribution in [1.82, 2.24) is 0 Å². The Labute approximate surface area is 118 Å². The average Bonchev–Trinajstić information content (AvgIpc) is 2.83. The van der Waals surface area contributed by atoms with Crippen LogP contribution in [0.25, 0.3) is 12.2 Å². The number of allylic oxidation sites excluding steroid dienone is 4. The number of carbonyl (C=O) groups excluding carboxylic acids is 1. The van der Waals surface area contributed by atoms with E-state index in [4.69, 9.17) is 0 Å². The second-order valence-corrected chi connectivity index (χ2v) is 4.68. The molecule has 0 saturated carbocycles. The predicted octanol–water partition coefficient (Wildman–Crippen LogP) is 4.29. The maximum atomic E-state index is 12.0. The monoisotopic (exact) mass is 258 g/mol. The molecule has 0 aliphatic heterocycles. The van der Waals surface area contributed by atoms with E-state index in [1.807, 2.05) is 78.9 Å². The molecule has 0 unspecified atom stereocenters. The maximum Gasteiger partial charge on any atom is 0.186 e. The molecule has 0 N–H and O–H groups in total. The fourth-order valence-electron chi connectivity index (χ4n) is 2.21. The van der Waals surface area contributed by atoms with Crippen LogP contribution in [0.5, 0.6) is 0 Å². The van der Waals surface area contributed by atoms with Gasteiger partial charge in [0, 0.05) is 5.57 Å². The molecule has 2 aromatic rings. The summed E-state index contributed by atoms with van der Waals surface area (Å²) in [5, 5.41) is 0. The van der Waals surface area contributed by atoms with Gasteiger partial charge in [0.15, 0.2) is 5.78 Å². The molecule has 96 valence electrons. The van der Waals surface area contributed by atoms with Crippen LogP contribution < -0.4 is 0 Å². The van der Waals surface area contributed by atoms with E-state index >= 15 is 0 Å². The highest BCUT2D eigenvalue weighted by atomic mass is 16.1.